The number of halogens is 3. The molecule has 0 aliphatic carbocycles. The first-order chi connectivity index (χ1) is 4.41. The van der Waals surface area contributed by atoms with Crippen LogP contribution < -0.4 is 13.3 Å². The van der Waals surface area contributed by atoms with Gasteiger partial charge in [-0.15, -0.1) is 0 Å². The van der Waals surface area contributed by atoms with Gasteiger partial charge in [0.2, 0.25) is 0 Å². The second kappa shape index (κ2) is 191. The Hall–Kier alpha value is 2.88. The summed E-state index contributed by atoms with van der Waals surface area (Å²) in [5.74, 6) is 0. The molecule has 0 amide bonds. The molecule has 0 heterocycles. The van der Waals surface area contributed by atoms with Crippen molar-refractivity contribution in [1.82, 2.24) is 0 Å². The fraction of sp³-hybridized carbons (Fsp3) is 0.778. The van der Waals surface area contributed by atoms with Crippen molar-refractivity contribution in [2.24, 2.45) is 0 Å². The van der Waals surface area contributed by atoms with Gasteiger partial charge in [0.1, 0.15) is 0 Å². The van der Waals surface area contributed by atoms with Crippen molar-refractivity contribution in [3.8, 4) is 0 Å². The molecular formula is C9H28I3W-. The van der Waals surface area contributed by atoms with E-state index >= 15 is 0 Å². The second-order valence-corrected chi connectivity index (χ2v) is 16.3. The van der Waals surface area contributed by atoms with Crippen LogP contribution >= 0.6 is 37.2 Å². The van der Waals surface area contributed by atoms with Gasteiger partial charge in [-0.3, -0.25) is 0 Å². The van der Waals surface area contributed by atoms with E-state index in [1.807, 2.05) is 13.8 Å². The van der Waals surface area contributed by atoms with E-state index in [2.05, 4.69) is 51.1 Å². The summed E-state index contributed by atoms with van der Waals surface area (Å²) in [5, 5.41) is 0. The van der Waals surface area contributed by atoms with Crippen molar-refractivity contribution in [2.75, 3.05) is 0 Å². The first kappa shape index (κ1) is 56.6. The molecule has 0 N–H and O–H groups in total. The quantitative estimate of drug-likeness (QED) is 0.269. The van der Waals surface area contributed by atoms with E-state index in [9.17, 15) is 0 Å². The number of hydrogen-bond acceptors (Lipinski definition) is 0. The van der Waals surface area contributed by atoms with Gasteiger partial charge >= 0.3 is 71.6 Å². The van der Waals surface area contributed by atoms with Crippen LogP contribution in [0, 0.1) is 13.8 Å². The van der Waals surface area contributed by atoms with Crippen LogP contribution in [-0.4, -0.2) is 0 Å². The van der Waals surface area contributed by atoms with Crippen LogP contribution in [0.1, 0.15) is 50.0 Å². The third kappa shape index (κ3) is 298. The molecule has 0 aromatic heterocycles. The van der Waals surface area contributed by atoms with Crippen LogP contribution in [0.5, 0.6) is 0 Å². The minimum atomic E-state index is 0. The molecule has 92 valence electrons. The normalized spacial score (nSPS) is 3.08. The molecule has 0 atom stereocenters. The first-order valence-electron chi connectivity index (χ1n) is 2.70. The molecule has 0 aromatic carbocycles. The summed E-state index contributed by atoms with van der Waals surface area (Å²) < 4.78 is 0. The molecule has 0 saturated heterocycles. The van der Waals surface area contributed by atoms with Gasteiger partial charge in [0.25, 0.3) is 0 Å². The molecule has 0 spiro atoms. The summed E-state index contributed by atoms with van der Waals surface area (Å²) in [6, 6.07) is 0. The average molecular weight is 701 g/mol. The van der Waals surface area contributed by atoms with Gasteiger partial charge in [0, 0.05) is 0 Å². The number of hydrogen-bond donors (Lipinski definition) is 0. The fourth-order valence-electron chi connectivity index (χ4n) is 0. The van der Waals surface area contributed by atoms with Gasteiger partial charge in [-0.1, -0.05) is 36.1 Å². The molecule has 0 bridgehead atoms. The Morgan fingerprint density at radius 2 is 0.769 bits per heavy atom. The van der Waals surface area contributed by atoms with Crippen molar-refractivity contribution in [3.05, 3.63) is 13.8 Å². The largest absolute Gasteiger partial charge is 2.00 e. The van der Waals surface area contributed by atoms with E-state index < -0.39 is 0 Å². The summed E-state index contributed by atoms with van der Waals surface area (Å²) in [7, 11) is 0. The van der Waals surface area contributed by atoms with E-state index in [4.69, 9.17) is 0 Å². The molecule has 0 rings (SSSR count). The van der Waals surface area contributed by atoms with E-state index in [0.29, 0.717) is 13.3 Å². The van der Waals surface area contributed by atoms with Gasteiger partial charge < -0.3 is 13.8 Å². The Kier molecular flexibility index (Phi) is 830. The van der Waals surface area contributed by atoms with Crippen molar-refractivity contribution < 1.29 is 34.3 Å². The van der Waals surface area contributed by atoms with E-state index in [1.165, 1.54) is 0 Å². The van der Waals surface area contributed by atoms with Crippen molar-refractivity contribution in [3.63, 3.8) is 0 Å². The van der Waals surface area contributed by atoms with Gasteiger partial charge in [-0.2, -0.15) is 13.8 Å². The topological polar surface area (TPSA) is 0 Å². The fourth-order valence-corrected chi connectivity index (χ4v) is 0. The molecule has 0 fully saturated rings. The summed E-state index contributed by atoms with van der Waals surface area (Å²) in [6.07, 6.45) is 0. The minimum Gasteiger partial charge on any atom is -0.346 e. The minimum absolute atomic E-state index is 0. The van der Waals surface area contributed by atoms with Crippen LogP contribution in [-0.2, 0) is 21.1 Å². The van der Waals surface area contributed by atoms with Gasteiger partial charge in [-0.25, -0.2) is 0 Å². The molecule has 13 heavy (non-hydrogen) atoms. The van der Waals surface area contributed by atoms with E-state index in [1.54, 1.807) is 13.8 Å². The average Bonchev–Trinajstić information content (AvgIpc) is 2.01. The Labute approximate surface area is 133 Å². The molecule has 0 aromatic rings. The Bertz CT molecular complexity index is 14.8. The van der Waals surface area contributed by atoms with Crippen molar-refractivity contribution in [1.29, 1.82) is 0 Å². The van der Waals surface area contributed by atoms with Crippen LogP contribution in [0.3, 0.4) is 0 Å². The summed E-state index contributed by atoms with van der Waals surface area (Å²) in [5.41, 5.74) is 0. The molecule has 4 heteroatoms. The standard InChI is InChI=1S/C2H6.2C2H5.3CH4.I3.W/c3*1-2;;;;1-3-2;/h1-2H3;2*1H2,2H3;3*1H4;;/q;2*-1;;;;-1;+2. The predicted octanol–water partition coefficient (Wildman–Crippen LogP) is 3.39. The van der Waals surface area contributed by atoms with Gasteiger partial charge in [0.15, 0.2) is 0 Å². The Morgan fingerprint density at radius 1 is 0.769 bits per heavy atom. The Balaban J connectivity index is -0.00000000394. The van der Waals surface area contributed by atoms with E-state index in [0.717, 1.165) is 0 Å². The second-order valence-electron chi connectivity index (χ2n) is 0.0540. The zero-order chi connectivity index (χ0) is 8.71. The molecular weight excluding hydrogens is 673 g/mol. The van der Waals surface area contributed by atoms with Crippen LogP contribution in [0.25, 0.3) is 0 Å². The molecule has 0 nitrogen and oxygen atoms in total. The molecule has 0 radical (unpaired) electrons. The zero-order valence-electron chi connectivity index (χ0n) is 6.96. The van der Waals surface area contributed by atoms with Crippen molar-refractivity contribution >= 4 is 37.2 Å². The molecule has 0 unspecified atom stereocenters. The van der Waals surface area contributed by atoms with Crippen LogP contribution in [0.2, 0.25) is 0 Å². The first-order valence-corrected chi connectivity index (χ1v) is 15.3. The van der Waals surface area contributed by atoms with Crippen molar-refractivity contribution in [2.45, 2.75) is 50.0 Å². The molecule has 0 saturated carbocycles. The molecule has 0 aliphatic heterocycles. The van der Waals surface area contributed by atoms with Gasteiger partial charge in [-0.05, 0) is 0 Å². The Morgan fingerprint density at radius 3 is 0.769 bits per heavy atom. The van der Waals surface area contributed by atoms with E-state index in [-0.39, 0.29) is 43.3 Å². The smallest absolute Gasteiger partial charge is 0.346 e. The van der Waals surface area contributed by atoms with Crippen LogP contribution in [0.15, 0.2) is 0 Å². The summed E-state index contributed by atoms with van der Waals surface area (Å²) in [4.78, 5) is 0. The third-order valence-electron chi connectivity index (χ3n) is 0. The van der Waals surface area contributed by atoms with Gasteiger partial charge in [0.05, 0.1) is 0 Å². The van der Waals surface area contributed by atoms with Crippen LogP contribution in [0.4, 0.5) is 0 Å². The molecule has 0 aliphatic rings. The SMILES string of the molecule is C.C.C.CC.I[I-]I.[CH2-]C.[CH2-]C.[W+2]. The maximum atomic E-state index is 3.25. The summed E-state index contributed by atoms with van der Waals surface area (Å²) in [6.45, 7) is 14.0. The maximum Gasteiger partial charge on any atom is 2.00 e. The summed E-state index contributed by atoms with van der Waals surface area (Å²) >= 11 is 5.30. The third-order valence-corrected chi connectivity index (χ3v) is 0. The number of rotatable bonds is 0. The monoisotopic (exact) mass is 701 g/mol. The predicted molar refractivity (Wildman–Crippen MR) is 81.6 cm³/mol. The maximum absolute atomic E-state index is 3.25. The zero-order valence-corrected chi connectivity index (χ0v) is 16.4.